The molecule has 0 N–H and O–H groups in total. The molecule has 3 heteroatoms. The van der Waals surface area contributed by atoms with Gasteiger partial charge in [0.25, 0.3) is 0 Å². The summed E-state index contributed by atoms with van der Waals surface area (Å²) in [5.41, 5.74) is 2.90. The Bertz CT molecular complexity index is 471. The van der Waals surface area contributed by atoms with Gasteiger partial charge in [0.2, 0.25) is 0 Å². The summed E-state index contributed by atoms with van der Waals surface area (Å²) in [6, 6.07) is 7.38. The van der Waals surface area contributed by atoms with E-state index in [0.29, 0.717) is 5.56 Å². The number of benzene rings is 1. The van der Waals surface area contributed by atoms with Gasteiger partial charge >= 0.3 is 0 Å². The summed E-state index contributed by atoms with van der Waals surface area (Å²) in [5.74, 6) is 0. The van der Waals surface area contributed by atoms with Gasteiger partial charge < -0.3 is 0 Å². The highest BCUT2D eigenvalue weighted by atomic mass is 16.1. The molecule has 0 aliphatic rings. The van der Waals surface area contributed by atoms with E-state index in [1.165, 1.54) is 5.56 Å². The fourth-order valence-corrected chi connectivity index (χ4v) is 1.62. The molecule has 0 radical (unpaired) electrons. The van der Waals surface area contributed by atoms with Gasteiger partial charge in [-0.2, -0.15) is 5.10 Å². The van der Waals surface area contributed by atoms with Gasteiger partial charge in [0.05, 0.1) is 11.9 Å². The van der Waals surface area contributed by atoms with Crippen molar-refractivity contribution in [2.45, 2.75) is 19.8 Å². The molecule has 0 saturated carbocycles. The zero-order valence-corrected chi connectivity index (χ0v) is 9.26. The Labute approximate surface area is 94.7 Å². The van der Waals surface area contributed by atoms with Crippen LogP contribution in [-0.4, -0.2) is 16.1 Å². The van der Waals surface area contributed by atoms with Crippen molar-refractivity contribution in [2.75, 3.05) is 0 Å². The molecule has 1 heterocycles. The minimum Gasteiger partial charge on any atom is -0.298 e. The monoisotopic (exact) mass is 214 g/mol. The number of aldehydes is 1. The fourth-order valence-electron chi connectivity index (χ4n) is 1.62. The number of aryl methyl sites for hydroxylation is 1. The fraction of sp³-hybridized carbons (Fsp3) is 0.231. The van der Waals surface area contributed by atoms with E-state index in [1.807, 2.05) is 29.2 Å². The third kappa shape index (κ3) is 2.19. The quantitative estimate of drug-likeness (QED) is 0.733. The topological polar surface area (TPSA) is 34.9 Å². The van der Waals surface area contributed by atoms with Crippen LogP contribution in [0.4, 0.5) is 0 Å². The maximum absolute atomic E-state index is 10.5. The zero-order valence-electron chi connectivity index (χ0n) is 9.26. The van der Waals surface area contributed by atoms with E-state index in [1.54, 1.807) is 12.1 Å². The van der Waals surface area contributed by atoms with E-state index in [2.05, 4.69) is 12.0 Å². The summed E-state index contributed by atoms with van der Waals surface area (Å²) in [6.07, 6.45) is 6.92. The molecule has 0 atom stereocenters. The number of aromatic nitrogens is 2. The van der Waals surface area contributed by atoms with Crippen molar-refractivity contribution in [1.82, 2.24) is 9.78 Å². The molecule has 2 rings (SSSR count). The minimum atomic E-state index is 0.685. The summed E-state index contributed by atoms with van der Waals surface area (Å²) in [5, 5.41) is 4.29. The molecule has 1 aromatic carbocycles. The number of rotatable bonds is 4. The zero-order chi connectivity index (χ0) is 11.4. The van der Waals surface area contributed by atoms with E-state index in [0.717, 1.165) is 24.8 Å². The highest BCUT2D eigenvalue weighted by Gasteiger charge is 2.00. The molecule has 0 spiro atoms. The average Bonchev–Trinajstić information content (AvgIpc) is 2.78. The highest BCUT2D eigenvalue weighted by Crippen LogP contribution is 2.10. The van der Waals surface area contributed by atoms with Crippen molar-refractivity contribution in [3.8, 4) is 5.69 Å². The normalized spacial score (nSPS) is 10.3. The maximum Gasteiger partial charge on any atom is 0.150 e. The molecule has 16 heavy (non-hydrogen) atoms. The molecule has 0 aliphatic heterocycles. The van der Waals surface area contributed by atoms with Crippen LogP contribution in [0.25, 0.3) is 5.69 Å². The number of hydrogen-bond donors (Lipinski definition) is 0. The van der Waals surface area contributed by atoms with Crippen LogP contribution < -0.4 is 0 Å². The standard InChI is InChI=1S/C13H14N2O/c1-2-3-12-8-14-15(9-12)13-6-4-11(10-16)5-7-13/h4-10H,2-3H2,1H3. The smallest absolute Gasteiger partial charge is 0.150 e. The Balaban J connectivity index is 2.24. The van der Waals surface area contributed by atoms with Gasteiger partial charge in [-0.25, -0.2) is 4.68 Å². The van der Waals surface area contributed by atoms with E-state index >= 15 is 0 Å². The first-order valence-electron chi connectivity index (χ1n) is 5.42. The third-order valence-corrected chi connectivity index (χ3v) is 2.47. The molecule has 0 aliphatic carbocycles. The van der Waals surface area contributed by atoms with Gasteiger partial charge in [-0.3, -0.25) is 4.79 Å². The Morgan fingerprint density at radius 2 is 2.06 bits per heavy atom. The van der Waals surface area contributed by atoms with Crippen LogP contribution >= 0.6 is 0 Å². The molecular formula is C13H14N2O. The summed E-state index contributed by atoms with van der Waals surface area (Å²) >= 11 is 0. The predicted octanol–water partition coefficient (Wildman–Crippen LogP) is 2.64. The largest absolute Gasteiger partial charge is 0.298 e. The molecule has 0 bridgehead atoms. The number of carbonyl (C=O) groups excluding carboxylic acids is 1. The maximum atomic E-state index is 10.5. The lowest BCUT2D eigenvalue weighted by molar-refractivity contribution is 0.112. The Morgan fingerprint density at radius 1 is 1.31 bits per heavy atom. The lowest BCUT2D eigenvalue weighted by atomic mass is 10.2. The summed E-state index contributed by atoms with van der Waals surface area (Å²) in [4.78, 5) is 10.5. The molecule has 0 amide bonds. The minimum absolute atomic E-state index is 0.685. The summed E-state index contributed by atoms with van der Waals surface area (Å²) in [6.45, 7) is 2.15. The molecule has 1 aromatic heterocycles. The molecule has 3 nitrogen and oxygen atoms in total. The van der Waals surface area contributed by atoms with Gasteiger partial charge in [0, 0.05) is 11.8 Å². The van der Waals surface area contributed by atoms with Gasteiger partial charge in [-0.05, 0) is 36.2 Å². The highest BCUT2D eigenvalue weighted by molar-refractivity contribution is 5.75. The van der Waals surface area contributed by atoms with Gasteiger partial charge in [-0.15, -0.1) is 0 Å². The molecule has 0 unspecified atom stereocenters. The van der Waals surface area contributed by atoms with Crippen LogP contribution in [0, 0.1) is 0 Å². The second-order valence-corrected chi connectivity index (χ2v) is 3.75. The van der Waals surface area contributed by atoms with Gasteiger partial charge in [0.1, 0.15) is 6.29 Å². The van der Waals surface area contributed by atoms with Crippen molar-refractivity contribution in [3.05, 3.63) is 47.8 Å². The van der Waals surface area contributed by atoms with Crippen LogP contribution in [0.1, 0.15) is 29.3 Å². The van der Waals surface area contributed by atoms with Crippen LogP contribution in [0.5, 0.6) is 0 Å². The van der Waals surface area contributed by atoms with Crippen molar-refractivity contribution < 1.29 is 4.79 Å². The van der Waals surface area contributed by atoms with Crippen LogP contribution in [0.2, 0.25) is 0 Å². The predicted molar refractivity (Wildman–Crippen MR) is 62.9 cm³/mol. The van der Waals surface area contributed by atoms with E-state index in [4.69, 9.17) is 0 Å². The van der Waals surface area contributed by atoms with Crippen LogP contribution in [-0.2, 0) is 6.42 Å². The third-order valence-electron chi connectivity index (χ3n) is 2.47. The first kappa shape index (κ1) is 10.6. The molecule has 0 fully saturated rings. The number of nitrogens with zero attached hydrogens (tertiary/aromatic N) is 2. The van der Waals surface area contributed by atoms with E-state index < -0.39 is 0 Å². The summed E-state index contributed by atoms with van der Waals surface area (Å²) < 4.78 is 1.83. The lowest BCUT2D eigenvalue weighted by Crippen LogP contribution is -1.94. The van der Waals surface area contributed by atoms with Crippen molar-refractivity contribution in [3.63, 3.8) is 0 Å². The van der Waals surface area contributed by atoms with Gasteiger partial charge in [-0.1, -0.05) is 13.3 Å². The van der Waals surface area contributed by atoms with E-state index in [9.17, 15) is 4.79 Å². The van der Waals surface area contributed by atoms with Crippen molar-refractivity contribution in [2.24, 2.45) is 0 Å². The average molecular weight is 214 g/mol. The Morgan fingerprint density at radius 3 is 2.69 bits per heavy atom. The van der Waals surface area contributed by atoms with Crippen LogP contribution in [0.3, 0.4) is 0 Å². The van der Waals surface area contributed by atoms with Crippen molar-refractivity contribution >= 4 is 6.29 Å². The molecule has 2 aromatic rings. The van der Waals surface area contributed by atoms with E-state index in [-0.39, 0.29) is 0 Å². The molecular weight excluding hydrogens is 200 g/mol. The Kier molecular flexibility index (Phi) is 3.15. The molecule has 0 saturated heterocycles. The van der Waals surface area contributed by atoms with Gasteiger partial charge in [0.15, 0.2) is 0 Å². The first-order valence-corrected chi connectivity index (χ1v) is 5.42. The second-order valence-electron chi connectivity index (χ2n) is 3.75. The second kappa shape index (κ2) is 4.75. The summed E-state index contributed by atoms with van der Waals surface area (Å²) in [7, 11) is 0. The van der Waals surface area contributed by atoms with Crippen LogP contribution in [0.15, 0.2) is 36.7 Å². The van der Waals surface area contributed by atoms with Crippen molar-refractivity contribution in [1.29, 1.82) is 0 Å². The first-order chi connectivity index (χ1) is 7.83. The lowest BCUT2D eigenvalue weighted by Gasteiger charge is -2.00. The number of carbonyl (C=O) groups is 1. The SMILES string of the molecule is CCCc1cnn(-c2ccc(C=O)cc2)c1. The number of hydrogen-bond acceptors (Lipinski definition) is 2. The Hall–Kier alpha value is -1.90. The molecule has 82 valence electrons.